The molecule has 1 atom stereocenters. The SMILES string of the molecule is CCCCCc1ccc(C(=O)N(CC(=O)N2CCc3sccc3C2c2ccc(OC)cc2)C(C)C)cc1. The number of methoxy groups -OCH3 is 1. The van der Waals surface area contributed by atoms with Gasteiger partial charge in [-0.2, -0.15) is 0 Å². The number of hydrogen-bond acceptors (Lipinski definition) is 4. The van der Waals surface area contributed by atoms with Crippen molar-refractivity contribution in [3.05, 3.63) is 87.1 Å². The fraction of sp³-hybridized carbons (Fsp3) is 0.419. The molecule has 1 unspecified atom stereocenters. The molecule has 196 valence electrons. The Labute approximate surface area is 225 Å². The molecule has 1 aliphatic heterocycles. The molecule has 3 aromatic rings. The summed E-state index contributed by atoms with van der Waals surface area (Å²) in [6.07, 6.45) is 5.43. The molecule has 0 bridgehead atoms. The molecule has 5 nitrogen and oxygen atoms in total. The second-order valence-corrected chi connectivity index (χ2v) is 11.0. The van der Waals surface area contributed by atoms with Crippen molar-refractivity contribution in [2.45, 2.75) is 65.0 Å². The fourth-order valence-electron chi connectivity index (χ4n) is 5.02. The second-order valence-electron chi connectivity index (χ2n) is 9.99. The van der Waals surface area contributed by atoms with Gasteiger partial charge in [-0.3, -0.25) is 9.59 Å². The molecular formula is C31H38N2O3S. The predicted octanol–water partition coefficient (Wildman–Crippen LogP) is 6.51. The number of aryl methyl sites for hydroxylation is 1. The van der Waals surface area contributed by atoms with Gasteiger partial charge in [0.15, 0.2) is 0 Å². The molecule has 0 saturated carbocycles. The summed E-state index contributed by atoms with van der Waals surface area (Å²) in [6.45, 7) is 6.83. The first-order valence-corrected chi connectivity index (χ1v) is 14.2. The number of hydrogen-bond donors (Lipinski definition) is 0. The van der Waals surface area contributed by atoms with Crippen LogP contribution in [-0.2, 0) is 17.6 Å². The van der Waals surface area contributed by atoms with Crippen LogP contribution in [-0.4, -0.2) is 47.9 Å². The molecule has 2 amide bonds. The third-order valence-corrected chi connectivity index (χ3v) is 8.17. The molecule has 2 aromatic carbocycles. The van der Waals surface area contributed by atoms with E-state index in [2.05, 4.69) is 18.4 Å². The molecule has 1 aliphatic rings. The quantitative estimate of drug-likeness (QED) is 0.287. The molecule has 4 rings (SSSR count). The zero-order chi connectivity index (χ0) is 26.4. The van der Waals surface area contributed by atoms with Crippen molar-refractivity contribution in [1.29, 1.82) is 0 Å². The van der Waals surface area contributed by atoms with Crippen molar-refractivity contribution in [2.75, 3.05) is 20.2 Å². The zero-order valence-corrected chi connectivity index (χ0v) is 23.2. The molecule has 2 heterocycles. The first-order valence-electron chi connectivity index (χ1n) is 13.3. The van der Waals surface area contributed by atoms with Gasteiger partial charge in [-0.05, 0) is 85.5 Å². The van der Waals surface area contributed by atoms with Crippen LogP contribution in [0.3, 0.4) is 0 Å². The Kier molecular flexibility index (Phi) is 9.04. The van der Waals surface area contributed by atoms with Crippen LogP contribution in [0.5, 0.6) is 5.75 Å². The average molecular weight is 519 g/mol. The van der Waals surface area contributed by atoms with Crippen molar-refractivity contribution in [2.24, 2.45) is 0 Å². The van der Waals surface area contributed by atoms with Crippen molar-refractivity contribution in [3.8, 4) is 5.75 Å². The van der Waals surface area contributed by atoms with E-state index in [0.717, 1.165) is 30.6 Å². The van der Waals surface area contributed by atoms with Crippen LogP contribution < -0.4 is 4.74 Å². The lowest BCUT2D eigenvalue weighted by Crippen LogP contribution is -2.48. The van der Waals surface area contributed by atoms with Gasteiger partial charge in [0, 0.05) is 23.0 Å². The zero-order valence-electron chi connectivity index (χ0n) is 22.4. The topological polar surface area (TPSA) is 49.9 Å². The van der Waals surface area contributed by atoms with E-state index in [0.29, 0.717) is 12.1 Å². The van der Waals surface area contributed by atoms with Crippen LogP contribution in [0.15, 0.2) is 60.0 Å². The first kappa shape index (κ1) is 26.9. The van der Waals surface area contributed by atoms with Crippen LogP contribution in [0.25, 0.3) is 0 Å². The third-order valence-electron chi connectivity index (χ3n) is 7.18. The van der Waals surface area contributed by atoms with Gasteiger partial charge in [0.05, 0.1) is 13.2 Å². The van der Waals surface area contributed by atoms with Gasteiger partial charge in [-0.15, -0.1) is 11.3 Å². The van der Waals surface area contributed by atoms with Crippen LogP contribution in [0, 0.1) is 0 Å². The van der Waals surface area contributed by atoms with Gasteiger partial charge in [-0.25, -0.2) is 0 Å². The van der Waals surface area contributed by atoms with Gasteiger partial charge in [0.2, 0.25) is 5.91 Å². The van der Waals surface area contributed by atoms with Gasteiger partial charge >= 0.3 is 0 Å². The van der Waals surface area contributed by atoms with E-state index in [1.807, 2.05) is 67.3 Å². The number of ether oxygens (including phenoxy) is 1. The van der Waals surface area contributed by atoms with E-state index >= 15 is 0 Å². The maximum atomic E-state index is 13.8. The highest BCUT2D eigenvalue weighted by Crippen LogP contribution is 2.38. The van der Waals surface area contributed by atoms with Crippen molar-refractivity contribution in [1.82, 2.24) is 9.80 Å². The minimum Gasteiger partial charge on any atom is -0.497 e. The second kappa shape index (κ2) is 12.4. The number of benzene rings is 2. The monoisotopic (exact) mass is 518 g/mol. The lowest BCUT2D eigenvalue weighted by molar-refractivity contribution is -0.134. The minimum atomic E-state index is -0.167. The smallest absolute Gasteiger partial charge is 0.254 e. The Balaban J connectivity index is 1.53. The number of nitrogens with zero attached hydrogens (tertiary/aromatic N) is 2. The lowest BCUT2D eigenvalue weighted by Gasteiger charge is -2.38. The van der Waals surface area contributed by atoms with E-state index in [4.69, 9.17) is 4.74 Å². The van der Waals surface area contributed by atoms with Crippen LogP contribution in [0.1, 0.15) is 78.0 Å². The summed E-state index contributed by atoms with van der Waals surface area (Å²) in [7, 11) is 1.65. The summed E-state index contributed by atoms with van der Waals surface area (Å²) in [5.41, 5.74) is 4.11. The molecule has 0 fully saturated rings. The Morgan fingerprint density at radius 2 is 1.78 bits per heavy atom. The Bertz CT molecular complexity index is 1180. The standard InChI is InChI=1S/C31H38N2O3S/c1-5-6-7-8-23-9-11-25(12-10-23)31(35)33(22(2)3)21-29(34)32-19-17-28-27(18-20-37-28)30(32)24-13-15-26(36-4)16-14-24/h9-16,18,20,22,30H,5-8,17,19,21H2,1-4H3. The van der Waals surface area contributed by atoms with Gasteiger partial charge in [0.25, 0.3) is 5.91 Å². The third kappa shape index (κ3) is 6.24. The average Bonchev–Trinajstić information content (AvgIpc) is 3.40. The number of fused-ring (bicyclic) bond motifs is 1. The van der Waals surface area contributed by atoms with E-state index < -0.39 is 0 Å². The normalized spacial score (nSPS) is 14.9. The van der Waals surface area contributed by atoms with E-state index in [1.54, 1.807) is 23.3 Å². The number of thiophene rings is 1. The van der Waals surface area contributed by atoms with Gasteiger partial charge in [0.1, 0.15) is 12.3 Å². The number of unbranched alkanes of at least 4 members (excludes halogenated alkanes) is 2. The Morgan fingerprint density at radius 3 is 2.43 bits per heavy atom. The van der Waals surface area contributed by atoms with Gasteiger partial charge < -0.3 is 14.5 Å². The van der Waals surface area contributed by atoms with Crippen LogP contribution in [0.2, 0.25) is 0 Å². The molecule has 0 saturated heterocycles. The minimum absolute atomic E-state index is 0.0316. The number of amides is 2. The number of carbonyl (C=O) groups excluding carboxylic acids is 2. The molecule has 1 aromatic heterocycles. The molecule has 0 spiro atoms. The highest BCUT2D eigenvalue weighted by Gasteiger charge is 2.34. The maximum absolute atomic E-state index is 13.8. The highest BCUT2D eigenvalue weighted by molar-refractivity contribution is 7.10. The fourth-order valence-corrected chi connectivity index (χ4v) is 5.92. The first-order chi connectivity index (χ1) is 17.9. The molecular weight excluding hydrogens is 480 g/mol. The van der Waals surface area contributed by atoms with E-state index in [-0.39, 0.29) is 30.4 Å². The van der Waals surface area contributed by atoms with E-state index in [1.165, 1.54) is 28.8 Å². The van der Waals surface area contributed by atoms with Crippen molar-refractivity contribution >= 4 is 23.2 Å². The summed E-state index contributed by atoms with van der Waals surface area (Å²) in [4.78, 5) is 32.3. The van der Waals surface area contributed by atoms with Crippen molar-refractivity contribution < 1.29 is 14.3 Å². The molecule has 0 radical (unpaired) electrons. The summed E-state index contributed by atoms with van der Waals surface area (Å²) < 4.78 is 5.34. The van der Waals surface area contributed by atoms with Gasteiger partial charge in [-0.1, -0.05) is 44.0 Å². The lowest BCUT2D eigenvalue weighted by atomic mass is 9.93. The van der Waals surface area contributed by atoms with Crippen LogP contribution in [0.4, 0.5) is 0 Å². The number of rotatable bonds is 10. The Hall–Kier alpha value is -3.12. The maximum Gasteiger partial charge on any atom is 0.254 e. The summed E-state index contributed by atoms with van der Waals surface area (Å²) in [5, 5.41) is 2.10. The highest BCUT2D eigenvalue weighted by atomic mass is 32.1. The summed E-state index contributed by atoms with van der Waals surface area (Å²) >= 11 is 1.75. The molecule has 0 N–H and O–H groups in total. The van der Waals surface area contributed by atoms with Crippen LogP contribution >= 0.6 is 11.3 Å². The Morgan fingerprint density at radius 1 is 1.05 bits per heavy atom. The number of carbonyl (C=O) groups is 2. The summed E-state index contributed by atoms with van der Waals surface area (Å²) in [5.74, 6) is 0.657. The molecule has 0 aliphatic carbocycles. The molecule has 37 heavy (non-hydrogen) atoms. The molecule has 6 heteroatoms. The predicted molar refractivity (Wildman–Crippen MR) is 150 cm³/mol. The largest absolute Gasteiger partial charge is 0.497 e. The van der Waals surface area contributed by atoms with E-state index in [9.17, 15) is 9.59 Å². The summed E-state index contributed by atoms with van der Waals surface area (Å²) in [6, 6.07) is 17.7. The van der Waals surface area contributed by atoms with Crippen molar-refractivity contribution in [3.63, 3.8) is 0 Å².